The number of nitrogens with one attached hydrogen (secondary N) is 2. The largest absolute Gasteiger partial charge is 0.545 e. The minimum atomic E-state index is -4.04. The van der Waals surface area contributed by atoms with Gasteiger partial charge >= 0.3 is 0 Å². The molecule has 0 bridgehead atoms. The van der Waals surface area contributed by atoms with Gasteiger partial charge < -0.3 is 15.2 Å². The Labute approximate surface area is 200 Å². The van der Waals surface area contributed by atoms with Crippen molar-refractivity contribution in [2.45, 2.75) is 31.1 Å². The highest BCUT2D eigenvalue weighted by molar-refractivity contribution is 7.92. The van der Waals surface area contributed by atoms with Crippen LogP contribution in [0.4, 0.5) is 10.7 Å². The molecule has 174 valence electrons. The molecule has 0 saturated carbocycles. The minimum Gasteiger partial charge on any atom is -0.545 e. The third-order valence-corrected chi connectivity index (χ3v) is 8.18. The van der Waals surface area contributed by atoms with Crippen LogP contribution in [0.1, 0.15) is 50.1 Å². The highest BCUT2D eigenvalue weighted by Gasteiger charge is 2.25. The number of nitrogens with zero attached hydrogens (tertiary/aromatic N) is 1. The predicted molar refractivity (Wildman–Crippen MR) is 126 cm³/mol. The number of carbonyl (C=O) groups excluding carboxylic acids is 2. The highest BCUT2D eigenvalue weighted by Crippen LogP contribution is 2.39. The van der Waals surface area contributed by atoms with Crippen molar-refractivity contribution >= 4 is 43.9 Å². The molecule has 1 heterocycles. The van der Waals surface area contributed by atoms with Gasteiger partial charge in [0.05, 0.1) is 16.4 Å². The van der Waals surface area contributed by atoms with Crippen LogP contribution in [0.25, 0.3) is 0 Å². The molecule has 1 aromatic heterocycles. The van der Waals surface area contributed by atoms with E-state index in [0.717, 1.165) is 29.7 Å². The van der Waals surface area contributed by atoms with Crippen molar-refractivity contribution in [1.29, 1.82) is 5.26 Å². The second kappa shape index (κ2) is 9.29. The number of hydrogen-bond acceptors (Lipinski definition) is 7. The van der Waals surface area contributed by atoms with Crippen LogP contribution in [0.15, 0.2) is 53.4 Å². The average Bonchev–Trinajstić information content (AvgIpc) is 3.15. The molecule has 1 atom stereocenters. The van der Waals surface area contributed by atoms with E-state index in [2.05, 4.69) is 23.0 Å². The molecule has 2 aromatic carbocycles. The molecule has 0 saturated heterocycles. The Morgan fingerprint density at radius 3 is 2.56 bits per heavy atom. The second-order valence-electron chi connectivity index (χ2n) is 8.12. The zero-order valence-electron chi connectivity index (χ0n) is 18.1. The molecule has 2 N–H and O–H groups in total. The van der Waals surface area contributed by atoms with Crippen LogP contribution in [0.2, 0.25) is 0 Å². The number of sulfonamides is 1. The van der Waals surface area contributed by atoms with Crippen molar-refractivity contribution < 1.29 is 23.1 Å². The fourth-order valence-corrected chi connectivity index (χ4v) is 6.29. The van der Waals surface area contributed by atoms with Crippen molar-refractivity contribution in [2.75, 3.05) is 10.0 Å². The molecule has 1 unspecified atom stereocenters. The van der Waals surface area contributed by atoms with Crippen molar-refractivity contribution in [2.24, 2.45) is 5.92 Å². The normalized spacial score (nSPS) is 15.1. The molecule has 4 rings (SSSR count). The van der Waals surface area contributed by atoms with Gasteiger partial charge in [0.15, 0.2) is 0 Å². The maximum atomic E-state index is 12.9. The Morgan fingerprint density at radius 2 is 1.88 bits per heavy atom. The van der Waals surface area contributed by atoms with Gasteiger partial charge in [0.1, 0.15) is 11.1 Å². The van der Waals surface area contributed by atoms with Gasteiger partial charge in [-0.3, -0.25) is 9.52 Å². The number of carboxylic acid groups (broad SMARTS) is 1. The number of nitriles is 1. The van der Waals surface area contributed by atoms with E-state index in [4.69, 9.17) is 0 Å². The van der Waals surface area contributed by atoms with Crippen molar-refractivity contribution in [3.05, 3.63) is 75.7 Å². The van der Waals surface area contributed by atoms with Crippen LogP contribution < -0.4 is 15.1 Å². The molecule has 1 aliphatic rings. The van der Waals surface area contributed by atoms with Crippen LogP contribution in [0.5, 0.6) is 0 Å². The number of hydrogen-bond donors (Lipinski definition) is 2. The van der Waals surface area contributed by atoms with E-state index in [9.17, 15) is 28.4 Å². The van der Waals surface area contributed by atoms with Crippen molar-refractivity contribution in [3.8, 4) is 6.07 Å². The van der Waals surface area contributed by atoms with Crippen molar-refractivity contribution in [1.82, 2.24) is 0 Å². The topological polar surface area (TPSA) is 139 Å². The first kappa shape index (κ1) is 23.5. The van der Waals surface area contributed by atoms with Crippen LogP contribution in [0.3, 0.4) is 0 Å². The lowest BCUT2D eigenvalue weighted by atomic mass is 9.88. The smallest absolute Gasteiger partial charge is 0.261 e. The third-order valence-electron chi connectivity index (χ3n) is 5.63. The fraction of sp³-hybridized carbons (Fsp3) is 0.208. The summed E-state index contributed by atoms with van der Waals surface area (Å²) in [6, 6.07) is 12.8. The van der Waals surface area contributed by atoms with Crippen LogP contribution in [-0.2, 0) is 22.9 Å². The SMILES string of the molecule is CC1CCc2c(sc(NC(=O)c3cccc(S(=O)(=O)Nc4ccc(C(=O)[O-])cc4)c3)c2C#N)C1. The molecule has 0 spiro atoms. The summed E-state index contributed by atoms with van der Waals surface area (Å²) < 4.78 is 28.0. The Balaban J connectivity index is 1.55. The molecule has 0 aliphatic heterocycles. The quantitative estimate of drug-likeness (QED) is 0.540. The predicted octanol–water partition coefficient (Wildman–Crippen LogP) is 3.16. The molecule has 0 fully saturated rings. The number of fused-ring (bicyclic) bond motifs is 1. The summed E-state index contributed by atoms with van der Waals surface area (Å²) in [6.45, 7) is 2.16. The minimum absolute atomic E-state index is 0.0805. The number of amides is 1. The Bertz CT molecular complexity index is 1420. The standard InChI is InChI=1S/C24H21N3O5S2/c1-14-5-10-19-20(13-25)23(33-21(19)11-14)26-22(28)16-3-2-4-18(12-16)34(31,32)27-17-8-6-15(7-9-17)24(29)30/h2-4,6-9,12,14,27H,5,10-11H2,1H3,(H,26,28)(H,29,30)/p-1. The first-order chi connectivity index (χ1) is 16.2. The van der Waals surface area contributed by atoms with Gasteiger partial charge in [0.2, 0.25) is 0 Å². The van der Waals surface area contributed by atoms with E-state index in [-0.39, 0.29) is 21.7 Å². The average molecular weight is 495 g/mol. The zero-order chi connectivity index (χ0) is 24.5. The summed E-state index contributed by atoms with van der Waals surface area (Å²) in [4.78, 5) is 24.7. The Morgan fingerprint density at radius 1 is 1.15 bits per heavy atom. The molecule has 3 aromatic rings. The Kier molecular flexibility index (Phi) is 6.41. The Hall–Kier alpha value is -3.68. The number of rotatable bonds is 6. The first-order valence-corrected chi connectivity index (χ1v) is 12.8. The lowest BCUT2D eigenvalue weighted by Gasteiger charge is -2.17. The number of thiophene rings is 1. The second-order valence-corrected chi connectivity index (χ2v) is 10.9. The molecule has 1 amide bonds. The van der Waals surface area contributed by atoms with Gasteiger partial charge in [-0.2, -0.15) is 5.26 Å². The maximum Gasteiger partial charge on any atom is 0.261 e. The summed E-state index contributed by atoms with van der Waals surface area (Å²) in [5.41, 5.74) is 1.68. The van der Waals surface area contributed by atoms with Crippen LogP contribution in [-0.4, -0.2) is 20.3 Å². The number of aromatic carboxylic acids is 1. The summed E-state index contributed by atoms with van der Waals surface area (Å²) >= 11 is 1.40. The van der Waals surface area contributed by atoms with Crippen LogP contribution in [0, 0.1) is 17.2 Å². The maximum absolute atomic E-state index is 12.9. The first-order valence-electron chi connectivity index (χ1n) is 10.5. The van der Waals surface area contributed by atoms with Gasteiger partial charge in [-0.05, 0) is 66.6 Å². The van der Waals surface area contributed by atoms with Gasteiger partial charge in [-0.15, -0.1) is 11.3 Å². The van der Waals surface area contributed by atoms with Crippen LogP contribution >= 0.6 is 11.3 Å². The van der Waals surface area contributed by atoms with E-state index in [0.29, 0.717) is 16.5 Å². The van der Waals surface area contributed by atoms with Gasteiger partial charge in [-0.25, -0.2) is 8.42 Å². The van der Waals surface area contributed by atoms with E-state index < -0.39 is 21.9 Å². The van der Waals surface area contributed by atoms with Gasteiger partial charge in [0, 0.05) is 16.1 Å². The van der Waals surface area contributed by atoms with E-state index in [1.807, 2.05) is 0 Å². The molecule has 10 heteroatoms. The number of carboxylic acids is 1. The highest BCUT2D eigenvalue weighted by atomic mass is 32.2. The summed E-state index contributed by atoms with van der Waals surface area (Å²) in [7, 11) is -4.04. The number of anilines is 2. The molecule has 8 nitrogen and oxygen atoms in total. The molecule has 1 aliphatic carbocycles. The lowest BCUT2D eigenvalue weighted by molar-refractivity contribution is -0.255. The third kappa shape index (κ3) is 4.81. The number of carbonyl (C=O) groups is 2. The zero-order valence-corrected chi connectivity index (χ0v) is 19.8. The molecule has 0 radical (unpaired) electrons. The monoisotopic (exact) mass is 494 g/mol. The molecular formula is C24H20N3O5S2-. The lowest BCUT2D eigenvalue weighted by Crippen LogP contribution is -2.22. The van der Waals surface area contributed by atoms with E-state index in [1.54, 1.807) is 0 Å². The number of benzene rings is 2. The van der Waals surface area contributed by atoms with Gasteiger partial charge in [-0.1, -0.05) is 25.1 Å². The fourth-order valence-electron chi connectivity index (χ4n) is 3.83. The molecular weight excluding hydrogens is 474 g/mol. The molecule has 34 heavy (non-hydrogen) atoms. The summed E-state index contributed by atoms with van der Waals surface area (Å²) in [5.74, 6) is -1.36. The summed E-state index contributed by atoms with van der Waals surface area (Å²) in [5, 5.41) is 23.7. The van der Waals surface area contributed by atoms with Crippen molar-refractivity contribution in [3.63, 3.8) is 0 Å². The van der Waals surface area contributed by atoms with Gasteiger partial charge in [0.25, 0.3) is 15.9 Å². The van der Waals surface area contributed by atoms with E-state index in [1.165, 1.54) is 59.9 Å². The van der Waals surface area contributed by atoms with E-state index >= 15 is 0 Å². The summed E-state index contributed by atoms with van der Waals surface area (Å²) in [6.07, 6.45) is 2.66.